The van der Waals surface area contributed by atoms with Gasteiger partial charge in [0, 0.05) is 12.1 Å². The Labute approximate surface area is 112 Å². The molecule has 2 nitrogen and oxygen atoms in total. The van der Waals surface area contributed by atoms with E-state index < -0.39 is 0 Å². The monoisotopic (exact) mass is 257 g/mol. The Balaban J connectivity index is 1.99. The molecule has 2 aromatic rings. The van der Waals surface area contributed by atoms with Gasteiger partial charge in [-0.2, -0.15) is 0 Å². The molecule has 0 radical (unpaired) electrons. The van der Waals surface area contributed by atoms with E-state index in [0.717, 1.165) is 17.5 Å². The Morgan fingerprint density at radius 1 is 1.11 bits per heavy atom. The van der Waals surface area contributed by atoms with Crippen molar-refractivity contribution in [1.29, 1.82) is 0 Å². The summed E-state index contributed by atoms with van der Waals surface area (Å²) in [5.41, 5.74) is 2.66. The summed E-state index contributed by atoms with van der Waals surface area (Å²) in [5, 5.41) is 2.82. The smallest absolute Gasteiger partial charge is 0.251 e. The van der Waals surface area contributed by atoms with Crippen molar-refractivity contribution in [2.24, 2.45) is 0 Å². The Hall–Kier alpha value is -2.16. The normalized spacial score (nSPS) is 10.2. The first-order chi connectivity index (χ1) is 9.19. The predicted octanol–water partition coefficient (Wildman–Crippen LogP) is 3.32. The lowest BCUT2D eigenvalue weighted by Gasteiger charge is -2.06. The van der Waals surface area contributed by atoms with Crippen LogP contribution in [0.5, 0.6) is 0 Å². The second-order valence-corrected chi connectivity index (χ2v) is 4.36. The molecule has 19 heavy (non-hydrogen) atoms. The minimum Gasteiger partial charge on any atom is -0.348 e. The Bertz CT molecular complexity index is 563. The highest BCUT2D eigenvalue weighted by Crippen LogP contribution is 2.07. The molecule has 98 valence electrons. The first-order valence-electron chi connectivity index (χ1n) is 6.30. The third-order valence-corrected chi connectivity index (χ3v) is 2.96. The van der Waals surface area contributed by atoms with Crippen LogP contribution in [0.15, 0.2) is 48.5 Å². The van der Waals surface area contributed by atoms with E-state index in [1.165, 1.54) is 12.1 Å². The molecule has 0 aliphatic carbocycles. The van der Waals surface area contributed by atoms with Crippen LogP contribution in [0.3, 0.4) is 0 Å². The molecule has 2 aromatic carbocycles. The average molecular weight is 257 g/mol. The quantitative estimate of drug-likeness (QED) is 0.894. The van der Waals surface area contributed by atoms with Crippen molar-refractivity contribution in [3.05, 3.63) is 71.0 Å². The topological polar surface area (TPSA) is 29.1 Å². The molecule has 0 saturated heterocycles. The van der Waals surface area contributed by atoms with E-state index in [1.807, 2.05) is 18.2 Å². The third kappa shape index (κ3) is 3.65. The largest absolute Gasteiger partial charge is 0.348 e. The van der Waals surface area contributed by atoms with Crippen molar-refractivity contribution < 1.29 is 9.18 Å². The van der Waals surface area contributed by atoms with Gasteiger partial charge in [0.05, 0.1) is 0 Å². The Morgan fingerprint density at radius 2 is 1.84 bits per heavy atom. The van der Waals surface area contributed by atoms with E-state index in [2.05, 4.69) is 12.2 Å². The zero-order valence-corrected chi connectivity index (χ0v) is 10.8. The summed E-state index contributed by atoms with van der Waals surface area (Å²) in [4.78, 5) is 12.0. The first kappa shape index (κ1) is 13.3. The van der Waals surface area contributed by atoms with Gasteiger partial charge in [0.2, 0.25) is 0 Å². The second kappa shape index (κ2) is 6.14. The fraction of sp³-hybridized carbons (Fsp3) is 0.188. The molecule has 0 aliphatic heterocycles. The molecule has 0 atom stereocenters. The average Bonchev–Trinajstić information content (AvgIpc) is 2.46. The molecule has 0 unspecified atom stereocenters. The molecule has 0 fully saturated rings. The van der Waals surface area contributed by atoms with Crippen LogP contribution in [0.2, 0.25) is 0 Å². The Kier molecular flexibility index (Phi) is 4.29. The number of hydrogen-bond donors (Lipinski definition) is 1. The van der Waals surface area contributed by atoms with Crippen molar-refractivity contribution in [2.75, 3.05) is 0 Å². The minimum absolute atomic E-state index is 0.111. The van der Waals surface area contributed by atoms with Crippen LogP contribution < -0.4 is 5.32 Å². The number of halogens is 1. The number of rotatable bonds is 4. The van der Waals surface area contributed by atoms with Crippen LogP contribution in [0.4, 0.5) is 4.39 Å². The Morgan fingerprint density at radius 3 is 2.53 bits per heavy atom. The predicted molar refractivity (Wildman–Crippen MR) is 73.4 cm³/mol. The van der Waals surface area contributed by atoms with Gasteiger partial charge in [-0.25, -0.2) is 4.39 Å². The van der Waals surface area contributed by atoms with Crippen LogP contribution in [0.25, 0.3) is 0 Å². The van der Waals surface area contributed by atoms with E-state index in [4.69, 9.17) is 0 Å². The van der Waals surface area contributed by atoms with Crippen LogP contribution in [-0.4, -0.2) is 5.91 Å². The lowest BCUT2D eigenvalue weighted by Crippen LogP contribution is -2.22. The highest BCUT2D eigenvalue weighted by Gasteiger charge is 2.05. The van der Waals surface area contributed by atoms with Gasteiger partial charge >= 0.3 is 0 Å². The van der Waals surface area contributed by atoms with Gasteiger partial charge in [0.15, 0.2) is 0 Å². The van der Waals surface area contributed by atoms with E-state index in [0.29, 0.717) is 12.1 Å². The van der Waals surface area contributed by atoms with Crippen LogP contribution >= 0.6 is 0 Å². The molecule has 2 rings (SSSR count). The van der Waals surface area contributed by atoms with Crippen molar-refractivity contribution in [3.63, 3.8) is 0 Å². The molecule has 1 N–H and O–H groups in total. The third-order valence-electron chi connectivity index (χ3n) is 2.96. The number of benzene rings is 2. The molecule has 0 bridgehead atoms. The summed E-state index contributed by atoms with van der Waals surface area (Å²) in [5.74, 6) is -0.384. The van der Waals surface area contributed by atoms with Gasteiger partial charge in [-0.1, -0.05) is 31.2 Å². The van der Waals surface area contributed by atoms with Crippen molar-refractivity contribution in [3.8, 4) is 0 Å². The van der Waals surface area contributed by atoms with E-state index in [1.54, 1.807) is 18.2 Å². The van der Waals surface area contributed by atoms with E-state index in [9.17, 15) is 9.18 Å². The van der Waals surface area contributed by atoms with Gasteiger partial charge in [-0.15, -0.1) is 0 Å². The summed E-state index contributed by atoms with van der Waals surface area (Å²) in [6, 6.07) is 13.7. The number of hydrogen-bond acceptors (Lipinski definition) is 1. The van der Waals surface area contributed by atoms with Crippen molar-refractivity contribution in [2.45, 2.75) is 19.9 Å². The summed E-state index contributed by atoms with van der Waals surface area (Å²) in [7, 11) is 0. The zero-order chi connectivity index (χ0) is 13.7. The van der Waals surface area contributed by atoms with Gasteiger partial charge in [-0.05, 0) is 41.8 Å². The van der Waals surface area contributed by atoms with E-state index >= 15 is 0 Å². The highest BCUT2D eigenvalue weighted by atomic mass is 19.1. The van der Waals surface area contributed by atoms with Gasteiger partial charge in [0.1, 0.15) is 5.82 Å². The molecule has 0 aliphatic rings. The van der Waals surface area contributed by atoms with Crippen LogP contribution in [-0.2, 0) is 13.0 Å². The molecule has 3 heteroatoms. The maximum atomic E-state index is 12.7. The standard InChI is InChI=1S/C16H16FNO/c1-2-12-4-3-5-14(10-12)16(19)18-11-13-6-8-15(17)9-7-13/h3-10H,2,11H2,1H3,(H,18,19). The molecule has 1 amide bonds. The summed E-state index contributed by atoms with van der Waals surface area (Å²) in [6.45, 7) is 2.45. The number of carbonyl (C=O) groups excluding carboxylic acids is 1. The maximum absolute atomic E-state index is 12.7. The zero-order valence-electron chi connectivity index (χ0n) is 10.8. The SMILES string of the molecule is CCc1cccc(C(=O)NCc2ccc(F)cc2)c1. The highest BCUT2D eigenvalue weighted by molar-refractivity contribution is 5.94. The molecule has 0 aromatic heterocycles. The fourth-order valence-corrected chi connectivity index (χ4v) is 1.82. The number of carbonyl (C=O) groups is 1. The van der Waals surface area contributed by atoms with Gasteiger partial charge < -0.3 is 5.32 Å². The number of aryl methyl sites for hydroxylation is 1. The lowest BCUT2D eigenvalue weighted by atomic mass is 10.1. The summed E-state index contributed by atoms with van der Waals surface area (Å²) in [6.07, 6.45) is 0.902. The number of nitrogens with one attached hydrogen (secondary N) is 1. The molecular weight excluding hydrogens is 241 g/mol. The van der Waals surface area contributed by atoms with Crippen molar-refractivity contribution in [1.82, 2.24) is 5.32 Å². The first-order valence-corrected chi connectivity index (χ1v) is 6.30. The number of amides is 1. The molecule has 0 heterocycles. The lowest BCUT2D eigenvalue weighted by molar-refractivity contribution is 0.0951. The van der Waals surface area contributed by atoms with Crippen molar-refractivity contribution >= 4 is 5.91 Å². The second-order valence-electron chi connectivity index (χ2n) is 4.36. The van der Waals surface area contributed by atoms with Gasteiger partial charge in [0.25, 0.3) is 5.91 Å². The van der Waals surface area contributed by atoms with Gasteiger partial charge in [-0.3, -0.25) is 4.79 Å². The maximum Gasteiger partial charge on any atom is 0.251 e. The molecule has 0 spiro atoms. The molecular formula is C16H16FNO. The summed E-state index contributed by atoms with van der Waals surface area (Å²) >= 11 is 0. The van der Waals surface area contributed by atoms with E-state index in [-0.39, 0.29) is 11.7 Å². The minimum atomic E-state index is -0.272. The molecule has 0 saturated carbocycles. The fourth-order valence-electron chi connectivity index (χ4n) is 1.82. The van der Waals surface area contributed by atoms with Crippen LogP contribution in [0, 0.1) is 5.82 Å². The summed E-state index contributed by atoms with van der Waals surface area (Å²) < 4.78 is 12.7. The van der Waals surface area contributed by atoms with Crippen LogP contribution in [0.1, 0.15) is 28.4 Å².